The molecule has 0 amide bonds. The molecule has 1 fully saturated rings. The second kappa shape index (κ2) is 10.8. The van der Waals surface area contributed by atoms with Gasteiger partial charge in [0.1, 0.15) is 17.9 Å². The minimum atomic E-state index is -4.52. The lowest BCUT2D eigenvalue weighted by Crippen LogP contribution is -2.50. The van der Waals surface area contributed by atoms with Crippen molar-refractivity contribution in [2.45, 2.75) is 37.9 Å². The van der Waals surface area contributed by atoms with Crippen LogP contribution in [0.5, 0.6) is 0 Å². The highest BCUT2D eigenvalue weighted by molar-refractivity contribution is 7.89. The molecule has 1 saturated heterocycles. The highest BCUT2D eigenvalue weighted by Gasteiger charge is 2.34. The number of para-hydroxylation sites is 1. The highest BCUT2D eigenvalue weighted by Crippen LogP contribution is 2.35. The number of anilines is 1. The summed E-state index contributed by atoms with van der Waals surface area (Å²) in [5.41, 5.74) is 1.48. The van der Waals surface area contributed by atoms with Crippen molar-refractivity contribution in [3.63, 3.8) is 0 Å². The maximum absolute atomic E-state index is 13.4. The summed E-state index contributed by atoms with van der Waals surface area (Å²) >= 11 is 0. The molecule has 40 heavy (non-hydrogen) atoms. The lowest BCUT2D eigenvalue weighted by Gasteiger charge is -2.35. The van der Waals surface area contributed by atoms with E-state index >= 15 is 0 Å². The number of piperazine rings is 1. The number of aryl methyl sites for hydroxylation is 2. The van der Waals surface area contributed by atoms with Gasteiger partial charge < -0.3 is 9.84 Å². The number of hydrogen-bond donors (Lipinski definition) is 1. The second-order valence-electron chi connectivity index (χ2n) is 9.90. The Labute approximate surface area is 230 Å². The molecule has 4 aromatic rings. The summed E-state index contributed by atoms with van der Waals surface area (Å²) in [7, 11) is -3.67. The van der Waals surface area contributed by atoms with Crippen molar-refractivity contribution in [1.82, 2.24) is 24.3 Å². The van der Waals surface area contributed by atoms with Crippen LogP contribution in [0, 0.1) is 13.8 Å². The Morgan fingerprint density at radius 1 is 1.02 bits per heavy atom. The van der Waals surface area contributed by atoms with E-state index in [0.29, 0.717) is 49.7 Å². The third-order valence-corrected chi connectivity index (χ3v) is 8.94. The summed E-state index contributed by atoms with van der Waals surface area (Å²) in [5.74, 6) is 0.997. The van der Waals surface area contributed by atoms with Gasteiger partial charge in [0.2, 0.25) is 10.0 Å². The van der Waals surface area contributed by atoms with E-state index in [9.17, 15) is 21.6 Å². The Bertz CT molecular complexity index is 1600. The monoisotopic (exact) mass is 574 g/mol. The van der Waals surface area contributed by atoms with Gasteiger partial charge in [-0.25, -0.2) is 18.4 Å². The van der Waals surface area contributed by atoms with Crippen LogP contribution >= 0.6 is 0 Å². The number of halogens is 3. The molecule has 0 bridgehead atoms. The van der Waals surface area contributed by atoms with Crippen LogP contribution in [-0.2, 0) is 16.2 Å². The quantitative estimate of drug-likeness (QED) is 0.338. The first-order valence-corrected chi connectivity index (χ1v) is 14.2. The first-order valence-electron chi connectivity index (χ1n) is 12.8. The van der Waals surface area contributed by atoms with Crippen LogP contribution < -0.4 is 5.32 Å². The minimum absolute atomic E-state index is 0.154. The predicted octanol–water partition coefficient (Wildman–Crippen LogP) is 4.73. The predicted molar refractivity (Wildman–Crippen MR) is 144 cm³/mol. The Morgan fingerprint density at radius 3 is 2.35 bits per heavy atom. The number of benzene rings is 2. The van der Waals surface area contributed by atoms with Crippen LogP contribution in [0.4, 0.5) is 19.0 Å². The van der Waals surface area contributed by atoms with Gasteiger partial charge in [0.05, 0.1) is 21.7 Å². The SMILES string of the molecule is Cc1noc(C)c1-c1ccc(S(=O)(=O)N2CCN(C[C@H](C)Nc3ncnc4c(C(F)(F)F)cccc34)CC2)cc1. The maximum Gasteiger partial charge on any atom is 0.418 e. The highest BCUT2D eigenvalue weighted by atomic mass is 32.2. The number of rotatable bonds is 7. The summed E-state index contributed by atoms with van der Waals surface area (Å²) < 4.78 is 73.5. The maximum atomic E-state index is 13.4. The molecule has 212 valence electrons. The van der Waals surface area contributed by atoms with E-state index in [0.717, 1.165) is 29.2 Å². The van der Waals surface area contributed by atoms with Gasteiger partial charge >= 0.3 is 6.18 Å². The number of nitrogens with one attached hydrogen (secondary N) is 1. The summed E-state index contributed by atoms with van der Waals surface area (Å²) in [6.45, 7) is 7.81. The van der Waals surface area contributed by atoms with Crippen molar-refractivity contribution in [3.8, 4) is 11.1 Å². The molecular formula is C27H29F3N6O3S. The average molecular weight is 575 g/mol. The third-order valence-electron chi connectivity index (χ3n) is 7.03. The summed E-state index contributed by atoms with van der Waals surface area (Å²) in [6.07, 6.45) is -3.40. The minimum Gasteiger partial charge on any atom is -0.366 e. The summed E-state index contributed by atoms with van der Waals surface area (Å²) in [6, 6.07) is 10.5. The molecule has 1 N–H and O–H groups in total. The van der Waals surface area contributed by atoms with Crippen molar-refractivity contribution in [2.75, 3.05) is 38.0 Å². The molecule has 1 aliphatic heterocycles. The Kier molecular flexibility index (Phi) is 7.55. The lowest BCUT2D eigenvalue weighted by molar-refractivity contribution is -0.136. The van der Waals surface area contributed by atoms with E-state index in [1.54, 1.807) is 30.3 Å². The van der Waals surface area contributed by atoms with Gasteiger partial charge in [-0.15, -0.1) is 0 Å². The van der Waals surface area contributed by atoms with Crippen LogP contribution in [0.1, 0.15) is 23.9 Å². The fourth-order valence-electron chi connectivity index (χ4n) is 5.09. The molecule has 13 heteroatoms. The van der Waals surface area contributed by atoms with E-state index in [-0.39, 0.29) is 16.5 Å². The molecule has 0 aliphatic carbocycles. The van der Waals surface area contributed by atoms with Gasteiger partial charge in [-0.3, -0.25) is 4.90 Å². The molecular weight excluding hydrogens is 545 g/mol. The van der Waals surface area contributed by atoms with E-state index in [1.807, 2.05) is 20.8 Å². The van der Waals surface area contributed by atoms with Crippen molar-refractivity contribution in [2.24, 2.45) is 0 Å². The fraction of sp³-hybridized carbons (Fsp3) is 0.370. The summed E-state index contributed by atoms with van der Waals surface area (Å²) in [4.78, 5) is 10.4. The van der Waals surface area contributed by atoms with Crippen LogP contribution in [0.2, 0.25) is 0 Å². The van der Waals surface area contributed by atoms with Crippen molar-refractivity contribution in [3.05, 3.63) is 65.8 Å². The van der Waals surface area contributed by atoms with E-state index in [4.69, 9.17) is 4.52 Å². The van der Waals surface area contributed by atoms with Crippen LogP contribution in [-0.4, -0.2) is 71.5 Å². The average Bonchev–Trinajstić information content (AvgIpc) is 3.26. The smallest absolute Gasteiger partial charge is 0.366 e. The molecule has 0 saturated carbocycles. The number of fused-ring (bicyclic) bond motifs is 1. The third kappa shape index (κ3) is 5.54. The zero-order valence-corrected chi connectivity index (χ0v) is 23.1. The van der Waals surface area contributed by atoms with Gasteiger partial charge in [-0.2, -0.15) is 17.5 Å². The van der Waals surface area contributed by atoms with Crippen molar-refractivity contribution < 1.29 is 26.1 Å². The van der Waals surface area contributed by atoms with Gasteiger partial charge in [0.25, 0.3) is 0 Å². The second-order valence-corrected chi connectivity index (χ2v) is 11.8. The number of aromatic nitrogens is 3. The van der Waals surface area contributed by atoms with Crippen molar-refractivity contribution >= 4 is 26.7 Å². The molecule has 5 rings (SSSR count). The lowest BCUT2D eigenvalue weighted by atomic mass is 10.0. The molecule has 1 aliphatic rings. The van der Waals surface area contributed by atoms with Gasteiger partial charge in [0.15, 0.2) is 0 Å². The van der Waals surface area contributed by atoms with E-state index < -0.39 is 21.8 Å². The molecule has 0 unspecified atom stereocenters. The van der Waals surface area contributed by atoms with Crippen LogP contribution in [0.15, 0.2) is 58.2 Å². The Morgan fingerprint density at radius 2 is 1.73 bits per heavy atom. The largest absolute Gasteiger partial charge is 0.418 e. The zero-order valence-electron chi connectivity index (χ0n) is 22.2. The molecule has 2 aromatic heterocycles. The number of nitrogens with zero attached hydrogens (tertiary/aromatic N) is 5. The molecule has 9 nitrogen and oxygen atoms in total. The van der Waals surface area contributed by atoms with Crippen molar-refractivity contribution in [1.29, 1.82) is 0 Å². The summed E-state index contributed by atoms with van der Waals surface area (Å²) in [5, 5.41) is 7.45. The van der Waals surface area contributed by atoms with E-state index in [1.165, 1.54) is 10.4 Å². The fourth-order valence-corrected chi connectivity index (χ4v) is 6.51. The molecule has 1 atom stereocenters. The molecule has 0 radical (unpaired) electrons. The standard InChI is InChI=1S/C27H29F3N6O3S/c1-17(33-26-22-5-4-6-23(27(28,29)30)25(22)31-16-32-26)15-35-11-13-36(14-12-35)40(37,38)21-9-7-20(8-10-21)24-18(2)34-39-19(24)3/h4-10,16-17H,11-15H2,1-3H3,(H,31,32,33)/t17-/m0/s1. The number of alkyl halides is 3. The molecule has 3 heterocycles. The Balaban J connectivity index is 1.21. The Hall–Kier alpha value is -3.55. The van der Waals surface area contributed by atoms with Gasteiger partial charge in [-0.1, -0.05) is 23.4 Å². The van der Waals surface area contributed by atoms with Crippen LogP contribution in [0.3, 0.4) is 0 Å². The number of hydrogen-bond acceptors (Lipinski definition) is 8. The first kappa shape index (κ1) is 28.0. The number of sulfonamides is 1. The van der Waals surface area contributed by atoms with E-state index in [2.05, 4.69) is 25.3 Å². The topological polar surface area (TPSA) is 104 Å². The van der Waals surface area contributed by atoms with Crippen LogP contribution in [0.25, 0.3) is 22.0 Å². The van der Waals surface area contributed by atoms with Gasteiger partial charge in [0, 0.05) is 49.7 Å². The normalized spacial score (nSPS) is 16.4. The first-order chi connectivity index (χ1) is 18.9. The zero-order chi connectivity index (χ0) is 28.7. The van der Waals surface area contributed by atoms with Gasteiger partial charge in [-0.05, 0) is 50.6 Å². The molecule has 2 aromatic carbocycles. The molecule has 0 spiro atoms.